The second kappa shape index (κ2) is 3.89. The van der Waals surface area contributed by atoms with Crippen molar-refractivity contribution >= 4 is 5.97 Å². The van der Waals surface area contributed by atoms with Gasteiger partial charge in [0.05, 0.1) is 0 Å². The van der Waals surface area contributed by atoms with Gasteiger partial charge in [-0.1, -0.05) is 19.2 Å². The monoisotopic (exact) mass is 127 g/mol. The molecule has 0 spiro atoms. The molecule has 0 rings (SSSR count). The molecule has 0 atom stereocenters. The van der Waals surface area contributed by atoms with Crippen LogP contribution in [0.2, 0.25) is 0 Å². The molecule has 0 aromatic heterocycles. The van der Waals surface area contributed by atoms with Crippen LogP contribution < -0.4 is 0 Å². The number of hydrogen-bond acceptors (Lipinski definition) is 2. The Labute approximate surface area is 54.8 Å². The summed E-state index contributed by atoms with van der Waals surface area (Å²) in [7, 11) is 0. The minimum atomic E-state index is -0.366. The summed E-state index contributed by atoms with van der Waals surface area (Å²) in [5, 5.41) is 0. The van der Waals surface area contributed by atoms with Crippen molar-refractivity contribution in [1.29, 1.82) is 0 Å². The zero-order valence-corrected chi connectivity index (χ0v) is 5.52. The van der Waals surface area contributed by atoms with Gasteiger partial charge < -0.3 is 4.74 Å². The van der Waals surface area contributed by atoms with E-state index >= 15 is 0 Å². The molecule has 50 valence electrons. The van der Waals surface area contributed by atoms with Crippen LogP contribution in [0.4, 0.5) is 0 Å². The zero-order valence-electron chi connectivity index (χ0n) is 5.52. The van der Waals surface area contributed by atoms with Crippen LogP contribution in [0, 0.1) is 0 Å². The number of ether oxygens (including phenoxy) is 1. The SMILES string of the molecule is C=CCO[13C](=O)C(=C)C. The van der Waals surface area contributed by atoms with Gasteiger partial charge in [0, 0.05) is 5.57 Å². The molecule has 9 heavy (non-hydrogen) atoms. The van der Waals surface area contributed by atoms with Crippen LogP contribution in [0.15, 0.2) is 24.8 Å². The van der Waals surface area contributed by atoms with E-state index in [4.69, 9.17) is 0 Å². The lowest BCUT2D eigenvalue weighted by atomic mass is 10.5. The molecule has 0 N–H and O–H groups in total. The molecule has 0 fully saturated rings. The van der Waals surface area contributed by atoms with Crippen molar-refractivity contribution in [3.8, 4) is 0 Å². The van der Waals surface area contributed by atoms with E-state index in [1.165, 1.54) is 6.08 Å². The minimum absolute atomic E-state index is 0.256. The van der Waals surface area contributed by atoms with Gasteiger partial charge in [-0.2, -0.15) is 0 Å². The molecule has 0 aromatic rings. The van der Waals surface area contributed by atoms with Gasteiger partial charge in [0.2, 0.25) is 0 Å². The summed E-state index contributed by atoms with van der Waals surface area (Å²) in [6, 6.07) is 0. The number of rotatable bonds is 3. The van der Waals surface area contributed by atoms with Crippen LogP contribution in [0.1, 0.15) is 6.92 Å². The number of hydrogen-bond donors (Lipinski definition) is 0. The lowest BCUT2D eigenvalue weighted by molar-refractivity contribution is -0.137. The van der Waals surface area contributed by atoms with Crippen molar-refractivity contribution in [2.45, 2.75) is 6.92 Å². The highest BCUT2D eigenvalue weighted by Crippen LogP contribution is 1.90. The van der Waals surface area contributed by atoms with E-state index in [1.54, 1.807) is 6.92 Å². The quantitative estimate of drug-likeness (QED) is 0.247. The molecule has 0 aliphatic rings. The summed E-state index contributed by atoms with van der Waals surface area (Å²) in [5.41, 5.74) is 0.414. The van der Waals surface area contributed by atoms with Gasteiger partial charge in [-0.05, 0) is 6.92 Å². The summed E-state index contributed by atoms with van der Waals surface area (Å²) in [5.74, 6) is -0.366. The van der Waals surface area contributed by atoms with E-state index in [0.29, 0.717) is 5.57 Å². The summed E-state index contributed by atoms with van der Waals surface area (Å²) in [6.45, 7) is 8.64. The normalized spacial score (nSPS) is 8.11. The van der Waals surface area contributed by atoms with Gasteiger partial charge in [0.1, 0.15) is 6.61 Å². The molecule has 0 aliphatic carbocycles. The number of carbonyl (C=O) groups excluding carboxylic acids is 1. The van der Waals surface area contributed by atoms with Gasteiger partial charge >= 0.3 is 5.97 Å². The fraction of sp³-hybridized carbons (Fsp3) is 0.286. The summed E-state index contributed by atoms with van der Waals surface area (Å²) in [4.78, 5) is 10.5. The second-order valence-electron chi connectivity index (χ2n) is 1.67. The minimum Gasteiger partial charge on any atom is -0.458 e. The summed E-state index contributed by atoms with van der Waals surface area (Å²) in [6.07, 6.45) is 1.51. The van der Waals surface area contributed by atoms with Crippen molar-refractivity contribution in [2.24, 2.45) is 0 Å². The molecule has 0 saturated carbocycles. The molecule has 0 aromatic carbocycles. The first-order valence-electron chi connectivity index (χ1n) is 2.62. The maximum absolute atomic E-state index is 10.5. The standard InChI is InChI=1S/C7H10O2/c1-4-5-9-7(8)6(2)3/h4H,1-2,5H2,3H3/i7+1. The van der Waals surface area contributed by atoms with Gasteiger partial charge in [0.25, 0.3) is 0 Å². The lowest BCUT2D eigenvalue weighted by Gasteiger charge is -1.97. The van der Waals surface area contributed by atoms with E-state index < -0.39 is 0 Å². The average molecular weight is 127 g/mol. The van der Waals surface area contributed by atoms with Gasteiger partial charge in [-0.25, -0.2) is 4.79 Å². The molecule has 2 nitrogen and oxygen atoms in total. The Bertz CT molecular complexity index is 136. The molecule has 0 amide bonds. The molecule has 0 saturated heterocycles. The summed E-state index contributed by atoms with van der Waals surface area (Å²) >= 11 is 0. The molecule has 0 radical (unpaired) electrons. The van der Waals surface area contributed by atoms with Gasteiger partial charge in [0.15, 0.2) is 0 Å². The van der Waals surface area contributed by atoms with E-state index in [1.807, 2.05) is 0 Å². The first-order valence-corrected chi connectivity index (χ1v) is 2.62. The highest BCUT2D eigenvalue weighted by Gasteiger charge is 1.98. The highest BCUT2D eigenvalue weighted by atomic mass is 16.6. The van der Waals surface area contributed by atoms with E-state index in [9.17, 15) is 4.79 Å². The van der Waals surface area contributed by atoms with Crippen LogP contribution in [-0.2, 0) is 9.53 Å². The van der Waals surface area contributed by atoms with E-state index in [0.717, 1.165) is 0 Å². The molecule has 0 unspecified atom stereocenters. The largest absolute Gasteiger partial charge is 0.458 e. The van der Waals surface area contributed by atoms with Crippen LogP contribution >= 0.6 is 0 Å². The maximum atomic E-state index is 10.5. The second-order valence-corrected chi connectivity index (χ2v) is 1.67. The predicted molar refractivity (Wildman–Crippen MR) is 36.0 cm³/mol. The number of carbonyl (C=O) groups is 1. The first kappa shape index (κ1) is 7.95. The zero-order chi connectivity index (χ0) is 7.28. The summed E-state index contributed by atoms with van der Waals surface area (Å²) < 4.78 is 4.60. The van der Waals surface area contributed by atoms with Crippen molar-refractivity contribution in [2.75, 3.05) is 6.61 Å². The van der Waals surface area contributed by atoms with Crippen LogP contribution in [-0.4, -0.2) is 12.6 Å². The van der Waals surface area contributed by atoms with Crippen molar-refractivity contribution < 1.29 is 9.53 Å². The maximum Gasteiger partial charge on any atom is 0.333 e. The van der Waals surface area contributed by atoms with Gasteiger partial charge in [-0.15, -0.1) is 0 Å². The predicted octanol–water partition coefficient (Wildman–Crippen LogP) is 1.29. The third-order valence-corrected chi connectivity index (χ3v) is 0.681. The lowest BCUT2D eigenvalue weighted by Crippen LogP contribution is -2.03. The molecular weight excluding hydrogens is 117 g/mol. The van der Waals surface area contributed by atoms with Crippen LogP contribution in [0.25, 0.3) is 0 Å². The molecular formula is C7H10O2. The fourth-order valence-electron chi connectivity index (χ4n) is 0.258. The Morgan fingerprint density at radius 2 is 2.33 bits per heavy atom. The Balaban J connectivity index is 3.51. The first-order chi connectivity index (χ1) is 4.18. The fourth-order valence-corrected chi connectivity index (χ4v) is 0.258. The van der Waals surface area contributed by atoms with E-state index in [2.05, 4.69) is 17.9 Å². The smallest absolute Gasteiger partial charge is 0.333 e. The average Bonchev–Trinajstić information content (AvgIpc) is 1.82. The molecule has 0 aliphatic heterocycles. The van der Waals surface area contributed by atoms with Crippen LogP contribution in [0.3, 0.4) is 0 Å². The Kier molecular flexibility index (Phi) is 3.44. The van der Waals surface area contributed by atoms with Crippen molar-refractivity contribution in [3.63, 3.8) is 0 Å². The number of esters is 1. The molecule has 2 heteroatoms. The Hall–Kier alpha value is -1.05. The van der Waals surface area contributed by atoms with Crippen molar-refractivity contribution in [3.05, 3.63) is 24.8 Å². The Morgan fingerprint density at radius 1 is 1.78 bits per heavy atom. The van der Waals surface area contributed by atoms with Crippen molar-refractivity contribution in [1.82, 2.24) is 0 Å². The topological polar surface area (TPSA) is 26.3 Å². The Morgan fingerprint density at radius 3 is 2.67 bits per heavy atom. The van der Waals surface area contributed by atoms with Gasteiger partial charge in [-0.3, -0.25) is 0 Å². The third-order valence-electron chi connectivity index (χ3n) is 0.681. The molecule has 0 bridgehead atoms. The molecule has 0 heterocycles. The highest BCUT2D eigenvalue weighted by molar-refractivity contribution is 5.86. The van der Waals surface area contributed by atoms with E-state index in [-0.39, 0.29) is 12.6 Å². The van der Waals surface area contributed by atoms with Crippen LogP contribution in [0.5, 0.6) is 0 Å². The third kappa shape index (κ3) is 3.53.